The summed E-state index contributed by atoms with van der Waals surface area (Å²) in [6, 6.07) is 5.73. The van der Waals surface area contributed by atoms with Crippen LogP contribution in [-0.4, -0.2) is 160 Å². The van der Waals surface area contributed by atoms with Crippen molar-refractivity contribution in [1.29, 1.82) is 0 Å². The molecular formula is C52H73FN12O6. The van der Waals surface area contributed by atoms with Gasteiger partial charge in [0.05, 0.1) is 24.4 Å². The Hall–Kier alpha value is -5.69. The second-order valence-corrected chi connectivity index (χ2v) is 20.7. The zero-order chi connectivity index (χ0) is 49.4. The van der Waals surface area contributed by atoms with Crippen LogP contribution in [0.15, 0.2) is 36.8 Å². The molecule has 384 valence electrons. The number of halogens is 1. The highest BCUT2D eigenvalue weighted by atomic mass is 19.1. The third-order valence-electron chi connectivity index (χ3n) is 16.2. The first kappa shape index (κ1) is 50.3. The average molecular weight is 981 g/mol. The molecule has 0 bridgehead atoms. The molecule has 2 aliphatic carbocycles. The Morgan fingerprint density at radius 2 is 1.51 bits per heavy atom. The fraction of sp³-hybridized carbons (Fsp3) is 0.654. The van der Waals surface area contributed by atoms with Gasteiger partial charge in [0.1, 0.15) is 17.2 Å². The van der Waals surface area contributed by atoms with Crippen LogP contribution >= 0.6 is 0 Å². The zero-order valence-corrected chi connectivity index (χ0v) is 41.7. The first-order valence-electron chi connectivity index (χ1n) is 26.5. The normalized spacial score (nSPS) is 25.2. The molecule has 1 atom stereocenters. The van der Waals surface area contributed by atoms with Crippen LogP contribution in [0.4, 0.5) is 27.5 Å². The second-order valence-electron chi connectivity index (χ2n) is 20.7. The number of piperidine rings is 2. The van der Waals surface area contributed by atoms with E-state index in [0.717, 1.165) is 160 Å². The van der Waals surface area contributed by atoms with Crippen LogP contribution < -0.4 is 20.9 Å². The van der Waals surface area contributed by atoms with E-state index in [2.05, 4.69) is 55.5 Å². The van der Waals surface area contributed by atoms with E-state index in [4.69, 9.17) is 4.74 Å². The summed E-state index contributed by atoms with van der Waals surface area (Å²) in [6.07, 6.45) is 17.0. The largest absolute Gasteiger partial charge is 0.462 e. The molecule has 2 aromatic heterocycles. The van der Waals surface area contributed by atoms with Crippen molar-refractivity contribution in [2.24, 2.45) is 24.8 Å². The van der Waals surface area contributed by atoms with Crippen LogP contribution in [0.5, 0.6) is 0 Å². The SMILES string of the molecule is CCOC(=O)c1cnc(Nc2cnn(C)c2)nc1NC1CCC(N2CCN(C(=O)C3CCC(C(=O)N4CCC(CCCN5CCN(c6ccc(C7CCC(=O)NC7=O)c(F)c6)CC5)CC4)CC3)CC2)CC1. The van der Waals surface area contributed by atoms with E-state index in [0.29, 0.717) is 41.3 Å². The van der Waals surface area contributed by atoms with Crippen molar-refractivity contribution in [3.8, 4) is 0 Å². The molecule has 9 rings (SSSR count). The Morgan fingerprint density at radius 1 is 0.817 bits per heavy atom. The summed E-state index contributed by atoms with van der Waals surface area (Å²) in [4.78, 5) is 84.5. The van der Waals surface area contributed by atoms with Gasteiger partial charge in [-0.15, -0.1) is 0 Å². The fourth-order valence-electron chi connectivity index (χ4n) is 12.0. The number of nitrogens with one attached hydrogen (secondary N) is 3. The molecule has 4 saturated heterocycles. The van der Waals surface area contributed by atoms with Gasteiger partial charge in [-0.25, -0.2) is 14.2 Å². The van der Waals surface area contributed by atoms with Crippen molar-refractivity contribution < 1.29 is 33.1 Å². The minimum absolute atomic E-state index is 0.00334. The number of amides is 4. The number of hydrogen-bond donors (Lipinski definition) is 3. The number of aromatic nitrogens is 4. The standard InChI is InChI=1S/C52H73FN12O6/c1-3-71-51(70)44-33-54-52(57-39-32-55-60(2)34-39)59-47(44)56-38-10-12-40(13-11-38)62-27-29-65(30-28-62)50(69)37-8-6-36(7-9-37)49(68)64-21-18-35(19-22-64)5-4-20-61-23-25-63(26-24-61)41-14-15-42(45(53)31-41)43-16-17-46(66)58-48(43)67/h14-15,31-38,40,43H,3-13,16-30H2,1-2H3,(H,58,66,67)(H2,54,56,57,59). The summed E-state index contributed by atoms with van der Waals surface area (Å²) in [5.41, 5.74) is 2.24. The lowest BCUT2D eigenvalue weighted by Crippen LogP contribution is -2.54. The van der Waals surface area contributed by atoms with Crippen LogP contribution in [0, 0.1) is 23.6 Å². The monoisotopic (exact) mass is 981 g/mol. The lowest BCUT2D eigenvalue weighted by atomic mass is 9.80. The molecule has 6 aliphatic rings. The van der Waals surface area contributed by atoms with Crippen LogP contribution in [0.1, 0.15) is 119 Å². The summed E-state index contributed by atoms with van der Waals surface area (Å²) in [5.74, 6) is -0.161. The van der Waals surface area contributed by atoms with Gasteiger partial charge in [-0.1, -0.05) is 6.07 Å². The van der Waals surface area contributed by atoms with E-state index < -0.39 is 23.6 Å². The molecular weight excluding hydrogens is 908 g/mol. The highest BCUT2D eigenvalue weighted by Gasteiger charge is 2.37. The number of imide groups is 1. The molecule has 3 aromatic rings. The zero-order valence-electron chi connectivity index (χ0n) is 41.7. The molecule has 1 aromatic carbocycles. The van der Waals surface area contributed by atoms with Crippen LogP contribution in [-0.2, 0) is 31.0 Å². The smallest absolute Gasteiger partial charge is 0.343 e. The first-order chi connectivity index (χ1) is 34.5. The topological polar surface area (TPSA) is 190 Å². The van der Waals surface area contributed by atoms with E-state index in [1.54, 1.807) is 23.9 Å². The van der Waals surface area contributed by atoms with E-state index in [1.807, 2.05) is 19.3 Å². The Bertz CT molecular complexity index is 2340. The van der Waals surface area contributed by atoms with Gasteiger partial charge < -0.3 is 30.1 Å². The summed E-state index contributed by atoms with van der Waals surface area (Å²) in [7, 11) is 1.84. The maximum absolute atomic E-state index is 15.1. The maximum Gasteiger partial charge on any atom is 0.343 e. The molecule has 19 heteroatoms. The molecule has 6 heterocycles. The van der Waals surface area contributed by atoms with Gasteiger partial charge >= 0.3 is 5.97 Å². The number of benzene rings is 1. The second kappa shape index (κ2) is 23.2. The summed E-state index contributed by atoms with van der Waals surface area (Å²) < 4.78 is 22.1. The number of ether oxygens (including phenoxy) is 1. The third-order valence-corrected chi connectivity index (χ3v) is 16.2. The van der Waals surface area contributed by atoms with Crippen molar-refractivity contribution in [2.75, 3.05) is 94.1 Å². The maximum atomic E-state index is 15.1. The highest BCUT2D eigenvalue weighted by molar-refractivity contribution is 6.01. The molecule has 4 aliphatic heterocycles. The van der Waals surface area contributed by atoms with Crippen LogP contribution in [0.25, 0.3) is 0 Å². The predicted octanol–water partition coefficient (Wildman–Crippen LogP) is 5.30. The van der Waals surface area contributed by atoms with Crippen LogP contribution in [0.3, 0.4) is 0 Å². The van der Waals surface area contributed by atoms with Crippen molar-refractivity contribution in [1.82, 2.24) is 44.7 Å². The highest BCUT2D eigenvalue weighted by Crippen LogP contribution is 2.35. The molecule has 1 unspecified atom stereocenters. The van der Waals surface area contributed by atoms with Gasteiger partial charge in [-0.2, -0.15) is 10.1 Å². The molecule has 18 nitrogen and oxygen atoms in total. The number of anilines is 4. The van der Waals surface area contributed by atoms with Gasteiger partial charge in [0, 0.05) is 126 Å². The minimum atomic E-state index is -0.627. The van der Waals surface area contributed by atoms with Crippen molar-refractivity contribution >= 4 is 52.7 Å². The Labute approximate surface area is 416 Å². The molecule has 0 spiro atoms. The molecule has 3 N–H and O–H groups in total. The minimum Gasteiger partial charge on any atom is -0.462 e. The number of carbonyl (C=O) groups excluding carboxylic acids is 5. The number of rotatable bonds is 15. The van der Waals surface area contributed by atoms with Gasteiger partial charge in [0.15, 0.2) is 0 Å². The number of aryl methyl sites for hydroxylation is 1. The first-order valence-corrected chi connectivity index (χ1v) is 26.5. The van der Waals surface area contributed by atoms with Gasteiger partial charge in [-0.05, 0) is 115 Å². The Kier molecular flexibility index (Phi) is 16.5. The quantitative estimate of drug-likeness (QED) is 0.131. The molecule has 71 heavy (non-hydrogen) atoms. The van der Waals surface area contributed by atoms with Crippen molar-refractivity contribution in [2.45, 2.75) is 115 Å². The number of carbonyl (C=O) groups is 5. The molecule has 6 fully saturated rings. The summed E-state index contributed by atoms with van der Waals surface area (Å²) in [5, 5.41) is 13.2. The summed E-state index contributed by atoms with van der Waals surface area (Å²) >= 11 is 0. The average Bonchev–Trinajstić information content (AvgIpc) is 3.80. The fourth-order valence-corrected chi connectivity index (χ4v) is 12.0. The Morgan fingerprint density at radius 3 is 2.14 bits per heavy atom. The molecule has 4 amide bonds. The van der Waals surface area contributed by atoms with Crippen molar-refractivity contribution in [3.63, 3.8) is 0 Å². The number of likely N-dealkylation sites (tertiary alicyclic amines) is 1. The van der Waals surface area contributed by atoms with Gasteiger partial charge in [0.25, 0.3) is 0 Å². The molecule has 2 saturated carbocycles. The van der Waals surface area contributed by atoms with Gasteiger partial charge in [-0.3, -0.25) is 39.0 Å². The third kappa shape index (κ3) is 12.5. The number of piperazine rings is 2. The number of nitrogens with zero attached hydrogens (tertiary/aromatic N) is 9. The summed E-state index contributed by atoms with van der Waals surface area (Å²) in [6.45, 7) is 11.4. The van der Waals surface area contributed by atoms with Gasteiger partial charge in [0.2, 0.25) is 29.6 Å². The number of hydrogen-bond acceptors (Lipinski definition) is 14. The predicted molar refractivity (Wildman–Crippen MR) is 266 cm³/mol. The lowest BCUT2D eigenvalue weighted by molar-refractivity contribution is -0.143. The van der Waals surface area contributed by atoms with E-state index in [-0.39, 0.29) is 48.6 Å². The molecule has 0 radical (unpaired) electrons. The van der Waals surface area contributed by atoms with E-state index >= 15 is 4.39 Å². The van der Waals surface area contributed by atoms with E-state index in [9.17, 15) is 24.0 Å². The number of esters is 1. The lowest BCUT2D eigenvalue weighted by Gasteiger charge is -2.43. The van der Waals surface area contributed by atoms with Crippen LogP contribution in [0.2, 0.25) is 0 Å². The van der Waals surface area contributed by atoms with Crippen molar-refractivity contribution in [3.05, 3.63) is 53.7 Å². The Balaban J connectivity index is 0.635. The van der Waals surface area contributed by atoms with E-state index in [1.165, 1.54) is 12.3 Å².